The van der Waals surface area contributed by atoms with Crippen molar-refractivity contribution >= 4 is 12.6 Å². The highest BCUT2D eigenvalue weighted by molar-refractivity contribution is 7.80. The van der Waals surface area contributed by atoms with E-state index in [0.717, 1.165) is 23.6 Å². The number of hydrogen-bond acceptors (Lipinski definition) is 2. The second-order valence-electron chi connectivity index (χ2n) is 4.41. The number of nitrogens with one attached hydrogen (secondary N) is 1. The lowest BCUT2D eigenvalue weighted by Crippen LogP contribution is -2.41. The molecule has 3 rings (SSSR count). The summed E-state index contributed by atoms with van der Waals surface area (Å²) in [4.78, 5) is 0. The molecule has 3 atom stereocenters. The van der Waals surface area contributed by atoms with Crippen LogP contribution in [0, 0.1) is 11.8 Å². The van der Waals surface area contributed by atoms with Gasteiger partial charge in [0, 0.05) is 11.6 Å². The lowest BCUT2D eigenvalue weighted by molar-refractivity contribution is 0.306. The molecule has 3 saturated carbocycles. The Labute approximate surface area is 73.3 Å². The summed E-state index contributed by atoms with van der Waals surface area (Å²) >= 11 is 4.35. The first-order valence-electron chi connectivity index (χ1n) is 4.75. The van der Waals surface area contributed by atoms with Crippen molar-refractivity contribution in [3.05, 3.63) is 0 Å². The van der Waals surface area contributed by atoms with Gasteiger partial charge in [-0.2, -0.15) is 12.6 Å². The van der Waals surface area contributed by atoms with Crippen LogP contribution in [0.4, 0.5) is 0 Å². The molecular formula is C9H15NS. The van der Waals surface area contributed by atoms with Gasteiger partial charge in [0.05, 0.1) is 0 Å². The van der Waals surface area contributed by atoms with Crippen molar-refractivity contribution < 1.29 is 0 Å². The highest BCUT2D eigenvalue weighted by atomic mass is 32.1. The molecule has 0 bridgehead atoms. The van der Waals surface area contributed by atoms with Crippen molar-refractivity contribution in [2.24, 2.45) is 11.8 Å². The Morgan fingerprint density at radius 2 is 2.27 bits per heavy atom. The van der Waals surface area contributed by atoms with Crippen molar-refractivity contribution in [2.75, 3.05) is 5.75 Å². The third-order valence-corrected chi connectivity index (χ3v) is 4.27. The van der Waals surface area contributed by atoms with Crippen LogP contribution in [0.3, 0.4) is 0 Å². The van der Waals surface area contributed by atoms with E-state index >= 15 is 0 Å². The monoisotopic (exact) mass is 169 g/mol. The van der Waals surface area contributed by atoms with E-state index in [1.807, 2.05) is 0 Å². The Morgan fingerprint density at radius 1 is 1.45 bits per heavy atom. The summed E-state index contributed by atoms with van der Waals surface area (Å²) in [6.45, 7) is 0. The fourth-order valence-corrected chi connectivity index (χ4v) is 3.12. The Kier molecular flexibility index (Phi) is 1.21. The quantitative estimate of drug-likeness (QED) is 0.609. The van der Waals surface area contributed by atoms with Crippen molar-refractivity contribution in [2.45, 2.75) is 37.3 Å². The Bertz CT molecular complexity index is 190. The van der Waals surface area contributed by atoms with Gasteiger partial charge in [-0.25, -0.2) is 0 Å². The second kappa shape index (κ2) is 1.97. The minimum atomic E-state index is 0.632. The van der Waals surface area contributed by atoms with Crippen molar-refractivity contribution in [1.82, 2.24) is 5.32 Å². The third kappa shape index (κ3) is 0.775. The first kappa shape index (κ1) is 6.79. The van der Waals surface area contributed by atoms with E-state index in [0.29, 0.717) is 5.54 Å². The Morgan fingerprint density at radius 3 is 2.64 bits per heavy atom. The normalized spacial score (nSPS) is 53.2. The lowest BCUT2D eigenvalue weighted by Gasteiger charge is -2.29. The molecule has 0 aliphatic heterocycles. The minimum absolute atomic E-state index is 0.632. The summed E-state index contributed by atoms with van der Waals surface area (Å²) in [5, 5.41) is 3.79. The highest BCUT2D eigenvalue weighted by Gasteiger charge is 2.78. The van der Waals surface area contributed by atoms with E-state index in [1.54, 1.807) is 0 Å². The summed E-state index contributed by atoms with van der Waals surface area (Å²) in [6.07, 6.45) is 5.75. The van der Waals surface area contributed by atoms with E-state index in [2.05, 4.69) is 17.9 Å². The second-order valence-corrected chi connectivity index (χ2v) is 4.78. The summed E-state index contributed by atoms with van der Waals surface area (Å²) in [5.74, 6) is 3.07. The van der Waals surface area contributed by atoms with Crippen molar-refractivity contribution in [3.63, 3.8) is 0 Å². The van der Waals surface area contributed by atoms with Gasteiger partial charge in [-0.1, -0.05) is 6.42 Å². The molecule has 0 radical (unpaired) electrons. The summed E-state index contributed by atoms with van der Waals surface area (Å²) in [6, 6.07) is 0.880. The highest BCUT2D eigenvalue weighted by Crippen LogP contribution is 2.72. The van der Waals surface area contributed by atoms with Crippen LogP contribution in [-0.2, 0) is 0 Å². The summed E-state index contributed by atoms with van der Waals surface area (Å²) < 4.78 is 0. The Hall–Kier alpha value is 0.310. The van der Waals surface area contributed by atoms with Gasteiger partial charge in [0.2, 0.25) is 0 Å². The molecule has 2 heteroatoms. The average Bonchev–Trinajstić information content (AvgIpc) is 2.67. The van der Waals surface area contributed by atoms with Gasteiger partial charge in [0.1, 0.15) is 0 Å². The smallest absolute Gasteiger partial charge is 0.0259 e. The average molecular weight is 169 g/mol. The zero-order chi connectivity index (χ0) is 7.47. The third-order valence-electron chi connectivity index (χ3n) is 3.87. The predicted octanol–water partition coefficient (Wildman–Crippen LogP) is 1.45. The van der Waals surface area contributed by atoms with Gasteiger partial charge in [0.25, 0.3) is 0 Å². The van der Waals surface area contributed by atoms with Gasteiger partial charge in [0.15, 0.2) is 0 Å². The summed E-state index contributed by atoms with van der Waals surface area (Å²) in [5.41, 5.74) is 0.632. The van der Waals surface area contributed by atoms with E-state index in [1.165, 1.54) is 25.7 Å². The molecule has 0 spiro atoms. The molecule has 0 saturated heterocycles. The van der Waals surface area contributed by atoms with E-state index in [4.69, 9.17) is 0 Å². The van der Waals surface area contributed by atoms with Gasteiger partial charge < -0.3 is 5.32 Å². The van der Waals surface area contributed by atoms with Crippen LogP contribution in [0.5, 0.6) is 0 Å². The van der Waals surface area contributed by atoms with Gasteiger partial charge in [-0.15, -0.1) is 0 Å². The van der Waals surface area contributed by atoms with E-state index in [-0.39, 0.29) is 0 Å². The number of thiol groups is 1. The molecule has 11 heavy (non-hydrogen) atoms. The molecule has 3 aliphatic rings. The number of hydrogen-bond donors (Lipinski definition) is 2. The van der Waals surface area contributed by atoms with Crippen LogP contribution in [-0.4, -0.2) is 17.3 Å². The largest absolute Gasteiger partial charge is 0.308 e. The van der Waals surface area contributed by atoms with Gasteiger partial charge >= 0.3 is 0 Å². The van der Waals surface area contributed by atoms with Crippen molar-refractivity contribution in [1.29, 1.82) is 0 Å². The molecule has 1 N–H and O–H groups in total. The fourth-order valence-electron chi connectivity index (χ4n) is 2.54. The minimum Gasteiger partial charge on any atom is -0.308 e. The number of rotatable bonds is 3. The lowest BCUT2D eigenvalue weighted by atomic mass is 9.92. The standard InChI is InChI=1S/C9H15NS/c11-5-8-7-4-9(7,8)10-6-2-1-3-6/h6-8,10-11H,1-5H2/t7-,8?,9?/m1/s1. The van der Waals surface area contributed by atoms with Crippen molar-refractivity contribution in [3.8, 4) is 0 Å². The Balaban J connectivity index is 1.57. The van der Waals surface area contributed by atoms with Crippen LogP contribution in [0.25, 0.3) is 0 Å². The maximum absolute atomic E-state index is 4.35. The predicted molar refractivity (Wildman–Crippen MR) is 49.0 cm³/mol. The van der Waals surface area contributed by atoms with Crippen LogP contribution >= 0.6 is 12.6 Å². The molecule has 0 heterocycles. The molecule has 0 aromatic carbocycles. The van der Waals surface area contributed by atoms with E-state index < -0.39 is 0 Å². The maximum Gasteiger partial charge on any atom is 0.0259 e. The molecule has 3 fully saturated rings. The molecule has 0 amide bonds. The molecule has 1 nitrogen and oxygen atoms in total. The first-order valence-corrected chi connectivity index (χ1v) is 5.38. The van der Waals surface area contributed by atoms with Gasteiger partial charge in [-0.05, 0) is 36.9 Å². The van der Waals surface area contributed by atoms with Crippen LogP contribution in [0.15, 0.2) is 0 Å². The number of fused-ring (bicyclic) bond motifs is 1. The molecule has 62 valence electrons. The first-order chi connectivity index (χ1) is 5.37. The zero-order valence-electron chi connectivity index (χ0n) is 6.71. The molecule has 2 unspecified atom stereocenters. The molecule has 3 aliphatic carbocycles. The zero-order valence-corrected chi connectivity index (χ0v) is 7.61. The van der Waals surface area contributed by atoms with Crippen LogP contribution < -0.4 is 5.32 Å². The summed E-state index contributed by atoms with van der Waals surface area (Å²) in [7, 11) is 0. The van der Waals surface area contributed by atoms with E-state index in [9.17, 15) is 0 Å². The van der Waals surface area contributed by atoms with Crippen LogP contribution in [0.1, 0.15) is 25.7 Å². The fraction of sp³-hybridized carbons (Fsp3) is 1.00. The van der Waals surface area contributed by atoms with Crippen LogP contribution in [0.2, 0.25) is 0 Å². The topological polar surface area (TPSA) is 12.0 Å². The SMILES string of the molecule is SCC1[C@H]2CC12NC1CCC1. The van der Waals surface area contributed by atoms with Gasteiger partial charge in [-0.3, -0.25) is 0 Å². The molecule has 0 aromatic heterocycles. The molecular weight excluding hydrogens is 154 g/mol. The molecule has 0 aromatic rings. The maximum atomic E-state index is 4.35.